The third-order valence-corrected chi connectivity index (χ3v) is 3.45. The van der Waals surface area contributed by atoms with Crippen LogP contribution in [-0.4, -0.2) is 34.9 Å². The van der Waals surface area contributed by atoms with Crippen LogP contribution in [0.4, 0.5) is 5.69 Å². The summed E-state index contributed by atoms with van der Waals surface area (Å²) >= 11 is 0. The molecule has 19 heavy (non-hydrogen) atoms. The zero-order chi connectivity index (χ0) is 13.8. The van der Waals surface area contributed by atoms with Crippen molar-refractivity contribution in [3.8, 4) is 0 Å². The van der Waals surface area contributed by atoms with Gasteiger partial charge in [0, 0.05) is 19.7 Å². The topological polar surface area (TPSA) is 82.2 Å². The minimum absolute atomic E-state index is 0.123. The third-order valence-electron chi connectivity index (χ3n) is 3.45. The van der Waals surface area contributed by atoms with Crippen LogP contribution in [-0.2, 0) is 11.3 Å². The van der Waals surface area contributed by atoms with Gasteiger partial charge in [0.2, 0.25) is 0 Å². The summed E-state index contributed by atoms with van der Waals surface area (Å²) in [5.74, 6) is -0.172. The molecular weight excluding hydrogens is 244 g/mol. The van der Waals surface area contributed by atoms with Crippen molar-refractivity contribution in [2.24, 2.45) is 0 Å². The van der Waals surface area contributed by atoms with Crippen LogP contribution in [0.5, 0.6) is 0 Å². The molecule has 1 saturated heterocycles. The van der Waals surface area contributed by atoms with Crippen molar-refractivity contribution in [3.05, 3.63) is 11.4 Å². The summed E-state index contributed by atoms with van der Waals surface area (Å²) in [6.07, 6.45) is 3.40. The average molecular weight is 266 g/mol. The van der Waals surface area contributed by atoms with Crippen molar-refractivity contribution in [2.75, 3.05) is 18.9 Å². The van der Waals surface area contributed by atoms with Gasteiger partial charge in [-0.3, -0.25) is 9.48 Å². The first-order valence-electron chi connectivity index (χ1n) is 6.86. The number of anilines is 1. The first-order valence-corrected chi connectivity index (χ1v) is 6.86. The number of carbonyl (C=O) groups is 1. The van der Waals surface area contributed by atoms with E-state index >= 15 is 0 Å². The predicted octanol–water partition coefficient (Wildman–Crippen LogP) is 1.09. The molecule has 0 radical (unpaired) electrons. The van der Waals surface area contributed by atoms with E-state index in [1.54, 1.807) is 4.68 Å². The summed E-state index contributed by atoms with van der Waals surface area (Å²) in [4.78, 5) is 12.2. The largest absolute Gasteiger partial charge is 0.395 e. The molecule has 1 fully saturated rings. The number of nitrogen functional groups attached to an aromatic ring is 1. The smallest absolute Gasteiger partial charge is 0.271 e. The van der Waals surface area contributed by atoms with E-state index in [0.29, 0.717) is 30.2 Å². The van der Waals surface area contributed by atoms with E-state index in [1.165, 1.54) is 0 Å². The highest BCUT2D eigenvalue weighted by Gasteiger charge is 2.21. The summed E-state index contributed by atoms with van der Waals surface area (Å²) in [5, 5.41) is 7.14. The number of nitrogens with two attached hydrogens (primary N) is 1. The molecule has 6 nitrogen and oxygen atoms in total. The maximum Gasteiger partial charge on any atom is 0.271 e. The Kier molecular flexibility index (Phi) is 4.42. The maximum atomic E-state index is 12.2. The summed E-state index contributed by atoms with van der Waals surface area (Å²) in [6, 6.07) is 0. The van der Waals surface area contributed by atoms with Gasteiger partial charge in [0.25, 0.3) is 5.91 Å². The second-order valence-corrected chi connectivity index (χ2v) is 4.86. The first kappa shape index (κ1) is 13.9. The standard InChI is InChI=1S/C13H22N4O2/c1-3-17-12(11(14)9(2)16-17)13(18)15-8-10-6-4-5-7-19-10/h10H,3-8,14H2,1-2H3,(H,15,18). The fourth-order valence-electron chi connectivity index (χ4n) is 2.32. The van der Waals surface area contributed by atoms with Crippen molar-refractivity contribution < 1.29 is 9.53 Å². The zero-order valence-electron chi connectivity index (χ0n) is 11.6. The van der Waals surface area contributed by atoms with Gasteiger partial charge in [0.15, 0.2) is 0 Å². The van der Waals surface area contributed by atoms with Crippen molar-refractivity contribution in [2.45, 2.75) is 45.8 Å². The molecular formula is C13H22N4O2. The van der Waals surface area contributed by atoms with Crippen molar-refractivity contribution in [1.29, 1.82) is 0 Å². The minimum atomic E-state index is -0.172. The Labute approximate surface area is 113 Å². The molecule has 2 rings (SSSR count). The van der Waals surface area contributed by atoms with Crippen molar-refractivity contribution >= 4 is 11.6 Å². The van der Waals surface area contributed by atoms with Gasteiger partial charge in [0.1, 0.15) is 5.69 Å². The van der Waals surface area contributed by atoms with Crippen LogP contribution in [0.25, 0.3) is 0 Å². The molecule has 106 valence electrons. The van der Waals surface area contributed by atoms with Gasteiger partial charge in [0.05, 0.1) is 17.5 Å². The van der Waals surface area contributed by atoms with Crippen LogP contribution in [0.1, 0.15) is 42.4 Å². The van der Waals surface area contributed by atoms with Crippen LogP contribution < -0.4 is 11.1 Å². The van der Waals surface area contributed by atoms with Crippen LogP contribution in [0.15, 0.2) is 0 Å². The molecule has 2 heterocycles. The van der Waals surface area contributed by atoms with E-state index in [2.05, 4.69) is 10.4 Å². The number of hydrogen-bond donors (Lipinski definition) is 2. The average Bonchev–Trinajstić information content (AvgIpc) is 2.73. The van der Waals surface area contributed by atoms with E-state index in [-0.39, 0.29) is 12.0 Å². The molecule has 1 aromatic rings. The molecule has 3 N–H and O–H groups in total. The van der Waals surface area contributed by atoms with Crippen LogP contribution in [0.2, 0.25) is 0 Å². The Morgan fingerprint density at radius 2 is 2.37 bits per heavy atom. The molecule has 1 aliphatic rings. The van der Waals surface area contributed by atoms with Crippen LogP contribution in [0.3, 0.4) is 0 Å². The molecule has 6 heteroatoms. The third kappa shape index (κ3) is 3.07. The molecule has 1 unspecified atom stereocenters. The van der Waals surface area contributed by atoms with Crippen molar-refractivity contribution in [1.82, 2.24) is 15.1 Å². The molecule has 0 bridgehead atoms. The predicted molar refractivity (Wildman–Crippen MR) is 73.0 cm³/mol. The number of rotatable bonds is 4. The molecule has 1 aromatic heterocycles. The Balaban J connectivity index is 1.99. The number of ether oxygens (including phenoxy) is 1. The normalized spacial score (nSPS) is 19.4. The van der Waals surface area contributed by atoms with Gasteiger partial charge < -0.3 is 15.8 Å². The molecule has 0 aliphatic carbocycles. The van der Waals surface area contributed by atoms with Gasteiger partial charge in [-0.15, -0.1) is 0 Å². The molecule has 0 saturated carbocycles. The molecule has 1 atom stereocenters. The van der Waals surface area contributed by atoms with Gasteiger partial charge in [-0.25, -0.2) is 0 Å². The lowest BCUT2D eigenvalue weighted by Gasteiger charge is -2.22. The number of hydrogen-bond acceptors (Lipinski definition) is 4. The monoisotopic (exact) mass is 266 g/mol. The van der Waals surface area contributed by atoms with Gasteiger partial charge in [-0.1, -0.05) is 0 Å². The van der Waals surface area contributed by atoms with Gasteiger partial charge in [-0.2, -0.15) is 5.10 Å². The summed E-state index contributed by atoms with van der Waals surface area (Å²) in [6.45, 7) is 5.69. The van der Waals surface area contributed by atoms with Crippen LogP contribution in [0, 0.1) is 6.92 Å². The first-order chi connectivity index (χ1) is 9.13. The zero-order valence-corrected chi connectivity index (χ0v) is 11.6. The number of nitrogens with zero attached hydrogens (tertiary/aromatic N) is 2. The van der Waals surface area contributed by atoms with E-state index in [4.69, 9.17) is 10.5 Å². The molecule has 0 aromatic carbocycles. The highest BCUT2D eigenvalue weighted by molar-refractivity contribution is 5.97. The number of aromatic nitrogens is 2. The van der Waals surface area contributed by atoms with E-state index in [1.807, 2.05) is 13.8 Å². The fourth-order valence-corrected chi connectivity index (χ4v) is 2.32. The number of nitrogens with one attached hydrogen (secondary N) is 1. The summed E-state index contributed by atoms with van der Waals surface area (Å²) < 4.78 is 7.23. The molecule has 0 spiro atoms. The highest BCUT2D eigenvalue weighted by Crippen LogP contribution is 2.17. The lowest BCUT2D eigenvalue weighted by Crippen LogP contribution is -2.36. The number of amides is 1. The van der Waals surface area contributed by atoms with Crippen molar-refractivity contribution in [3.63, 3.8) is 0 Å². The maximum absolute atomic E-state index is 12.2. The minimum Gasteiger partial charge on any atom is -0.395 e. The quantitative estimate of drug-likeness (QED) is 0.854. The Hall–Kier alpha value is -1.56. The molecule has 1 amide bonds. The summed E-state index contributed by atoms with van der Waals surface area (Å²) in [5.41, 5.74) is 7.52. The molecule has 1 aliphatic heterocycles. The number of aryl methyl sites for hydroxylation is 2. The second kappa shape index (κ2) is 6.06. The fraction of sp³-hybridized carbons (Fsp3) is 0.692. The van der Waals surface area contributed by atoms with Gasteiger partial charge >= 0.3 is 0 Å². The lowest BCUT2D eigenvalue weighted by molar-refractivity contribution is 0.0168. The summed E-state index contributed by atoms with van der Waals surface area (Å²) in [7, 11) is 0. The second-order valence-electron chi connectivity index (χ2n) is 4.86. The Morgan fingerprint density at radius 3 is 3.00 bits per heavy atom. The van der Waals surface area contributed by atoms with E-state index in [9.17, 15) is 4.79 Å². The van der Waals surface area contributed by atoms with E-state index < -0.39 is 0 Å². The van der Waals surface area contributed by atoms with Gasteiger partial charge in [-0.05, 0) is 33.1 Å². The van der Waals surface area contributed by atoms with Crippen LogP contribution >= 0.6 is 0 Å². The number of carbonyl (C=O) groups excluding carboxylic acids is 1. The Bertz CT molecular complexity index is 450. The van der Waals surface area contributed by atoms with E-state index in [0.717, 1.165) is 25.9 Å². The Morgan fingerprint density at radius 1 is 1.58 bits per heavy atom. The lowest BCUT2D eigenvalue weighted by atomic mass is 10.1. The SMILES string of the molecule is CCn1nc(C)c(N)c1C(=O)NCC1CCCCO1. The highest BCUT2D eigenvalue weighted by atomic mass is 16.5.